The van der Waals surface area contributed by atoms with Gasteiger partial charge in [0.25, 0.3) is 0 Å². The normalized spacial score (nSPS) is 10.3. The van der Waals surface area contributed by atoms with Gasteiger partial charge in [-0.25, -0.2) is 9.78 Å². The van der Waals surface area contributed by atoms with Gasteiger partial charge < -0.3 is 15.7 Å². The molecule has 0 unspecified atom stereocenters. The van der Waals surface area contributed by atoms with Gasteiger partial charge in [-0.1, -0.05) is 28.1 Å². The number of benzene rings is 1. The third-order valence-corrected chi connectivity index (χ3v) is 3.36. The molecule has 1 aromatic heterocycles. The fourth-order valence-electron chi connectivity index (χ4n) is 1.94. The van der Waals surface area contributed by atoms with Gasteiger partial charge in [-0.05, 0) is 23.8 Å². The highest BCUT2D eigenvalue weighted by atomic mass is 79.9. The van der Waals surface area contributed by atoms with Crippen LogP contribution in [0.15, 0.2) is 41.0 Å². The summed E-state index contributed by atoms with van der Waals surface area (Å²) in [5.41, 5.74) is 7.19. The van der Waals surface area contributed by atoms with Crippen molar-refractivity contribution in [2.24, 2.45) is 0 Å². The summed E-state index contributed by atoms with van der Waals surface area (Å²) in [6, 6.07) is 9.26. The number of carboxylic acids is 1. The minimum atomic E-state index is -1.05. The maximum absolute atomic E-state index is 11.1. The molecule has 5 nitrogen and oxygen atoms in total. The Balaban J connectivity index is 2.28. The van der Waals surface area contributed by atoms with E-state index in [0.717, 1.165) is 10.0 Å². The molecule has 104 valence electrons. The molecule has 2 aromatic rings. The summed E-state index contributed by atoms with van der Waals surface area (Å²) < 4.78 is 0.989. The molecule has 1 heterocycles. The first-order valence-electron chi connectivity index (χ1n) is 5.92. The second kappa shape index (κ2) is 5.92. The van der Waals surface area contributed by atoms with Gasteiger partial charge in [-0.3, -0.25) is 0 Å². The minimum Gasteiger partial charge on any atom is -0.478 e. The number of aromatic nitrogens is 1. The summed E-state index contributed by atoms with van der Waals surface area (Å²) >= 11 is 3.42. The van der Waals surface area contributed by atoms with Crippen LogP contribution in [-0.4, -0.2) is 23.1 Å². The van der Waals surface area contributed by atoms with Gasteiger partial charge in [0.2, 0.25) is 0 Å². The summed E-state index contributed by atoms with van der Waals surface area (Å²) in [7, 11) is 1.82. The number of nitrogens with two attached hydrogens (primary N) is 1. The lowest BCUT2D eigenvalue weighted by Crippen LogP contribution is -2.20. The molecule has 0 saturated carbocycles. The highest BCUT2D eigenvalue weighted by Crippen LogP contribution is 2.24. The standard InChI is InChI=1S/C14H14BrN3O2/c1-18(8-9-3-2-4-10(15)7-9)13-12(16)11(14(19)20)5-6-17-13/h2-7H,8,16H2,1H3,(H,19,20). The Morgan fingerprint density at radius 2 is 2.20 bits per heavy atom. The van der Waals surface area contributed by atoms with Crippen molar-refractivity contribution in [2.45, 2.75) is 6.54 Å². The molecule has 0 aliphatic heterocycles. The number of hydrogen-bond acceptors (Lipinski definition) is 4. The Kier molecular flexibility index (Phi) is 4.24. The smallest absolute Gasteiger partial charge is 0.337 e. The molecule has 6 heteroatoms. The Hall–Kier alpha value is -2.08. The van der Waals surface area contributed by atoms with E-state index in [0.29, 0.717) is 12.4 Å². The monoisotopic (exact) mass is 335 g/mol. The number of nitrogen functional groups attached to an aromatic ring is 1. The average molecular weight is 336 g/mol. The predicted octanol–water partition coefficient (Wildman–Crippen LogP) is 2.76. The molecule has 0 radical (unpaired) electrons. The largest absolute Gasteiger partial charge is 0.478 e. The van der Waals surface area contributed by atoms with Crippen molar-refractivity contribution in [1.29, 1.82) is 0 Å². The van der Waals surface area contributed by atoms with Crippen molar-refractivity contribution in [3.63, 3.8) is 0 Å². The van der Waals surface area contributed by atoms with E-state index >= 15 is 0 Å². The molecule has 2 rings (SSSR count). The first kappa shape index (κ1) is 14.3. The number of rotatable bonds is 4. The number of nitrogens with zero attached hydrogens (tertiary/aromatic N) is 2. The van der Waals surface area contributed by atoms with Gasteiger partial charge in [0.1, 0.15) is 0 Å². The van der Waals surface area contributed by atoms with E-state index < -0.39 is 5.97 Å². The van der Waals surface area contributed by atoms with Crippen molar-refractivity contribution in [3.8, 4) is 0 Å². The van der Waals surface area contributed by atoms with Crippen LogP contribution in [0.2, 0.25) is 0 Å². The summed E-state index contributed by atoms with van der Waals surface area (Å²) in [5, 5.41) is 9.07. The van der Waals surface area contributed by atoms with Gasteiger partial charge in [-0.15, -0.1) is 0 Å². The molecule has 0 bridgehead atoms. The molecule has 0 spiro atoms. The molecule has 0 fully saturated rings. The number of halogens is 1. The van der Waals surface area contributed by atoms with E-state index in [1.54, 1.807) is 0 Å². The van der Waals surface area contributed by atoms with E-state index in [1.807, 2.05) is 36.2 Å². The lowest BCUT2D eigenvalue weighted by molar-refractivity contribution is 0.0698. The zero-order chi connectivity index (χ0) is 14.7. The van der Waals surface area contributed by atoms with E-state index in [4.69, 9.17) is 10.8 Å². The topological polar surface area (TPSA) is 79.5 Å². The third-order valence-electron chi connectivity index (χ3n) is 2.87. The molecule has 0 atom stereocenters. The van der Waals surface area contributed by atoms with Crippen LogP contribution in [0.1, 0.15) is 15.9 Å². The van der Waals surface area contributed by atoms with E-state index in [9.17, 15) is 4.79 Å². The maximum Gasteiger partial charge on any atom is 0.337 e. The lowest BCUT2D eigenvalue weighted by atomic mass is 10.2. The van der Waals surface area contributed by atoms with Crippen LogP contribution in [0, 0.1) is 0 Å². The molecule has 0 aliphatic rings. The number of hydrogen-bond donors (Lipinski definition) is 2. The molecular weight excluding hydrogens is 322 g/mol. The molecule has 1 aromatic carbocycles. The number of pyridine rings is 1. The zero-order valence-corrected chi connectivity index (χ0v) is 12.5. The second-order valence-corrected chi connectivity index (χ2v) is 5.30. The fraction of sp³-hybridized carbons (Fsp3) is 0.143. The first-order valence-corrected chi connectivity index (χ1v) is 6.71. The summed E-state index contributed by atoms with van der Waals surface area (Å²) in [5.74, 6) is -0.591. The Labute approximate surface area is 125 Å². The summed E-state index contributed by atoms with van der Waals surface area (Å²) in [6.45, 7) is 0.583. The van der Waals surface area contributed by atoms with Crippen LogP contribution in [0.5, 0.6) is 0 Å². The summed E-state index contributed by atoms with van der Waals surface area (Å²) in [6.07, 6.45) is 1.45. The van der Waals surface area contributed by atoms with E-state index in [2.05, 4.69) is 20.9 Å². The van der Waals surface area contributed by atoms with Crippen molar-refractivity contribution in [1.82, 2.24) is 4.98 Å². The second-order valence-electron chi connectivity index (χ2n) is 4.39. The van der Waals surface area contributed by atoms with Crippen LogP contribution in [0.3, 0.4) is 0 Å². The Morgan fingerprint density at radius 3 is 2.85 bits per heavy atom. The van der Waals surface area contributed by atoms with Gasteiger partial charge in [0.05, 0.1) is 11.3 Å². The Bertz CT molecular complexity index is 646. The average Bonchev–Trinajstić information content (AvgIpc) is 2.38. The Morgan fingerprint density at radius 1 is 1.45 bits per heavy atom. The maximum atomic E-state index is 11.1. The number of aromatic carboxylic acids is 1. The lowest BCUT2D eigenvalue weighted by Gasteiger charge is -2.20. The van der Waals surface area contributed by atoms with Crippen LogP contribution < -0.4 is 10.6 Å². The molecule has 0 amide bonds. The highest BCUT2D eigenvalue weighted by Gasteiger charge is 2.15. The molecular formula is C14H14BrN3O2. The number of anilines is 2. The van der Waals surface area contributed by atoms with Gasteiger partial charge in [0, 0.05) is 24.3 Å². The van der Waals surface area contributed by atoms with Crippen molar-refractivity contribution in [2.75, 3.05) is 17.7 Å². The zero-order valence-electron chi connectivity index (χ0n) is 10.9. The van der Waals surface area contributed by atoms with Crippen molar-refractivity contribution >= 4 is 33.4 Å². The molecule has 0 saturated heterocycles. The van der Waals surface area contributed by atoms with Crippen LogP contribution in [0.25, 0.3) is 0 Å². The number of carbonyl (C=O) groups is 1. The molecule has 3 N–H and O–H groups in total. The van der Waals surface area contributed by atoms with Gasteiger partial charge in [0.15, 0.2) is 5.82 Å². The SMILES string of the molecule is CN(Cc1cccc(Br)c1)c1nccc(C(=O)O)c1N. The fourth-order valence-corrected chi connectivity index (χ4v) is 2.38. The third kappa shape index (κ3) is 3.08. The van der Waals surface area contributed by atoms with Crippen molar-refractivity contribution in [3.05, 3.63) is 52.1 Å². The van der Waals surface area contributed by atoms with Crippen molar-refractivity contribution < 1.29 is 9.90 Å². The highest BCUT2D eigenvalue weighted by molar-refractivity contribution is 9.10. The van der Waals surface area contributed by atoms with Crippen LogP contribution in [-0.2, 0) is 6.54 Å². The quantitative estimate of drug-likeness (QED) is 0.897. The van der Waals surface area contributed by atoms with Crippen LogP contribution >= 0.6 is 15.9 Å². The number of carboxylic acid groups (broad SMARTS) is 1. The van der Waals surface area contributed by atoms with E-state index in [1.165, 1.54) is 12.3 Å². The summed E-state index contributed by atoms with van der Waals surface area (Å²) in [4.78, 5) is 17.1. The van der Waals surface area contributed by atoms with E-state index in [-0.39, 0.29) is 11.3 Å². The minimum absolute atomic E-state index is 0.0658. The molecule has 0 aliphatic carbocycles. The predicted molar refractivity (Wildman–Crippen MR) is 81.9 cm³/mol. The molecule has 20 heavy (non-hydrogen) atoms. The van der Waals surface area contributed by atoms with Crippen LogP contribution in [0.4, 0.5) is 11.5 Å². The first-order chi connectivity index (χ1) is 9.49. The van der Waals surface area contributed by atoms with Gasteiger partial charge >= 0.3 is 5.97 Å². The van der Waals surface area contributed by atoms with Gasteiger partial charge in [-0.2, -0.15) is 0 Å².